The van der Waals surface area contributed by atoms with Crippen LogP contribution in [0.25, 0.3) is 33.5 Å². The maximum absolute atomic E-state index is 12.9. The standard InChI is InChI=1S/C27H18N4O3/c32-27(28-21-12-7-13-22(17-21)31(33)34)20-14-15-23-24(16-20)30-26(19-10-5-2-6-11-19)25(29-23)18-8-3-1-4-9-18/h1-17H,(H,28,32). The van der Waals surface area contributed by atoms with Gasteiger partial charge in [-0.2, -0.15) is 0 Å². The summed E-state index contributed by atoms with van der Waals surface area (Å²) in [5, 5.41) is 13.7. The third-order valence-electron chi connectivity index (χ3n) is 5.34. The van der Waals surface area contributed by atoms with Crippen molar-refractivity contribution in [3.05, 3.63) is 119 Å². The van der Waals surface area contributed by atoms with Gasteiger partial charge in [-0.25, -0.2) is 9.97 Å². The van der Waals surface area contributed by atoms with Crippen molar-refractivity contribution in [1.82, 2.24) is 9.97 Å². The lowest BCUT2D eigenvalue weighted by molar-refractivity contribution is -0.384. The molecule has 7 heteroatoms. The number of nitro groups is 1. The van der Waals surface area contributed by atoms with E-state index < -0.39 is 10.8 Å². The van der Waals surface area contributed by atoms with Crippen molar-refractivity contribution in [3.63, 3.8) is 0 Å². The number of nitro benzene ring substituents is 1. The van der Waals surface area contributed by atoms with Crippen LogP contribution in [0.2, 0.25) is 0 Å². The number of anilines is 1. The highest BCUT2D eigenvalue weighted by Gasteiger charge is 2.15. The monoisotopic (exact) mass is 446 g/mol. The number of hydrogen-bond acceptors (Lipinski definition) is 5. The van der Waals surface area contributed by atoms with Crippen LogP contribution >= 0.6 is 0 Å². The minimum absolute atomic E-state index is 0.0943. The molecule has 7 nitrogen and oxygen atoms in total. The van der Waals surface area contributed by atoms with E-state index in [2.05, 4.69) is 5.32 Å². The Morgan fingerprint density at radius 2 is 1.32 bits per heavy atom. The average Bonchev–Trinajstić information content (AvgIpc) is 2.88. The van der Waals surface area contributed by atoms with E-state index in [9.17, 15) is 14.9 Å². The van der Waals surface area contributed by atoms with Crippen LogP contribution in [0, 0.1) is 10.1 Å². The molecule has 0 atom stereocenters. The molecule has 1 aromatic heterocycles. The van der Waals surface area contributed by atoms with Crippen molar-refractivity contribution < 1.29 is 9.72 Å². The summed E-state index contributed by atoms with van der Waals surface area (Å²) in [4.78, 5) is 33.1. The van der Waals surface area contributed by atoms with Crippen molar-refractivity contribution in [2.75, 3.05) is 5.32 Å². The number of benzene rings is 4. The predicted molar refractivity (Wildman–Crippen MR) is 131 cm³/mol. The van der Waals surface area contributed by atoms with Gasteiger partial charge in [0.2, 0.25) is 0 Å². The Balaban J connectivity index is 1.56. The molecule has 0 saturated carbocycles. The molecule has 1 amide bonds. The molecule has 0 fully saturated rings. The summed E-state index contributed by atoms with van der Waals surface area (Å²) in [7, 11) is 0. The topological polar surface area (TPSA) is 98.0 Å². The molecule has 5 aromatic rings. The van der Waals surface area contributed by atoms with Crippen LogP contribution in [-0.4, -0.2) is 20.8 Å². The van der Waals surface area contributed by atoms with Crippen LogP contribution in [0.1, 0.15) is 10.4 Å². The third-order valence-corrected chi connectivity index (χ3v) is 5.34. The summed E-state index contributed by atoms with van der Waals surface area (Å²) in [5.74, 6) is -0.391. The number of rotatable bonds is 5. The van der Waals surface area contributed by atoms with Crippen molar-refractivity contribution in [2.24, 2.45) is 0 Å². The van der Waals surface area contributed by atoms with Gasteiger partial charge in [-0.1, -0.05) is 66.7 Å². The van der Waals surface area contributed by atoms with Gasteiger partial charge < -0.3 is 5.32 Å². The van der Waals surface area contributed by atoms with Gasteiger partial charge in [0, 0.05) is 34.5 Å². The summed E-state index contributed by atoms with van der Waals surface area (Å²) in [6.45, 7) is 0. The van der Waals surface area contributed by atoms with E-state index in [4.69, 9.17) is 9.97 Å². The van der Waals surface area contributed by atoms with Gasteiger partial charge in [0.05, 0.1) is 27.3 Å². The van der Waals surface area contributed by atoms with Crippen molar-refractivity contribution >= 4 is 28.3 Å². The highest BCUT2D eigenvalue weighted by molar-refractivity contribution is 6.06. The Kier molecular flexibility index (Phi) is 5.50. The Labute approximate surface area is 194 Å². The SMILES string of the molecule is O=C(Nc1cccc([N+](=O)[O-])c1)c1ccc2nc(-c3ccccc3)c(-c3ccccc3)nc2c1. The predicted octanol–water partition coefficient (Wildman–Crippen LogP) is 6.12. The molecule has 0 aliphatic carbocycles. The van der Waals surface area contributed by atoms with E-state index >= 15 is 0 Å². The molecule has 34 heavy (non-hydrogen) atoms. The Morgan fingerprint density at radius 1 is 0.706 bits per heavy atom. The minimum Gasteiger partial charge on any atom is -0.322 e. The molecule has 0 aliphatic rings. The van der Waals surface area contributed by atoms with E-state index in [0.717, 1.165) is 22.5 Å². The molecule has 1 N–H and O–H groups in total. The van der Waals surface area contributed by atoms with Gasteiger partial charge in [0.1, 0.15) is 0 Å². The fraction of sp³-hybridized carbons (Fsp3) is 0. The van der Waals surface area contributed by atoms with Crippen LogP contribution < -0.4 is 5.32 Å². The number of carbonyl (C=O) groups is 1. The molecular weight excluding hydrogens is 428 g/mol. The molecule has 164 valence electrons. The maximum Gasteiger partial charge on any atom is 0.271 e. The fourth-order valence-corrected chi connectivity index (χ4v) is 3.69. The van der Waals surface area contributed by atoms with E-state index in [0.29, 0.717) is 22.3 Å². The number of nitrogens with one attached hydrogen (secondary N) is 1. The summed E-state index contributed by atoms with van der Waals surface area (Å²) in [6, 6.07) is 30.5. The number of nitrogens with zero attached hydrogens (tertiary/aromatic N) is 3. The number of fused-ring (bicyclic) bond motifs is 1. The number of non-ortho nitro benzene ring substituents is 1. The van der Waals surface area contributed by atoms with Gasteiger partial charge in [0.25, 0.3) is 11.6 Å². The van der Waals surface area contributed by atoms with Crippen LogP contribution in [0.4, 0.5) is 11.4 Å². The third kappa shape index (κ3) is 4.22. The summed E-state index contributed by atoms with van der Waals surface area (Å²) in [5.41, 5.74) is 5.20. The second-order valence-electron chi connectivity index (χ2n) is 7.62. The zero-order valence-corrected chi connectivity index (χ0v) is 17.9. The van der Waals surface area contributed by atoms with Crippen LogP contribution in [-0.2, 0) is 0 Å². The van der Waals surface area contributed by atoms with Gasteiger partial charge in [-0.05, 0) is 24.3 Å². The zero-order chi connectivity index (χ0) is 23.5. The first kappa shape index (κ1) is 21.0. The first-order chi connectivity index (χ1) is 16.6. The molecule has 1 heterocycles. The molecule has 0 aliphatic heterocycles. The Hall–Kier alpha value is -4.91. The lowest BCUT2D eigenvalue weighted by atomic mass is 10.0. The second-order valence-corrected chi connectivity index (χ2v) is 7.62. The quantitative estimate of drug-likeness (QED) is 0.259. The van der Waals surface area contributed by atoms with E-state index in [1.54, 1.807) is 24.3 Å². The van der Waals surface area contributed by atoms with Gasteiger partial charge in [-0.15, -0.1) is 0 Å². The molecule has 0 spiro atoms. The summed E-state index contributed by atoms with van der Waals surface area (Å²) in [6.07, 6.45) is 0. The van der Waals surface area contributed by atoms with E-state index in [1.807, 2.05) is 60.7 Å². The maximum atomic E-state index is 12.9. The van der Waals surface area contributed by atoms with Crippen LogP contribution in [0.5, 0.6) is 0 Å². The Morgan fingerprint density at radius 3 is 1.94 bits per heavy atom. The molecule has 4 aromatic carbocycles. The second kappa shape index (κ2) is 8.91. The van der Waals surface area contributed by atoms with Crippen molar-refractivity contribution in [1.29, 1.82) is 0 Å². The Bertz CT molecular complexity index is 1520. The smallest absolute Gasteiger partial charge is 0.271 e. The normalized spacial score (nSPS) is 10.7. The summed E-state index contributed by atoms with van der Waals surface area (Å²) >= 11 is 0. The molecular formula is C27H18N4O3. The van der Waals surface area contributed by atoms with Gasteiger partial charge >= 0.3 is 0 Å². The first-order valence-electron chi connectivity index (χ1n) is 10.6. The average molecular weight is 446 g/mol. The summed E-state index contributed by atoms with van der Waals surface area (Å²) < 4.78 is 0. The largest absolute Gasteiger partial charge is 0.322 e. The number of aromatic nitrogens is 2. The van der Waals surface area contributed by atoms with Crippen molar-refractivity contribution in [2.45, 2.75) is 0 Å². The number of amides is 1. The minimum atomic E-state index is -0.503. The molecule has 0 saturated heterocycles. The molecule has 5 rings (SSSR count). The van der Waals surface area contributed by atoms with Gasteiger partial charge in [-0.3, -0.25) is 14.9 Å². The van der Waals surface area contributed by atoms with Gasteiger partial charge in [0.15, 0.2) is 0 Å². The highest BCUT2D eigenvalue weighted by atomic mass is 16.6. The lowest BCUT2D eigenvalue weighted by Gasteiger charge is -2.11. The molecule has 0 unspecified atom stereocenters. The van der Waals surface area contributed by atoms with Crippen LogP contribution in [0.3, 0.4) is 0 Å². The lowest BCUT2D eigenvalue weighted by Crippen LogP contribution is -2.12. The zero-order valence-electron chi connectivity index (χ0n) is 17.9. The number of hydrogen-bond donors (Lipinski definition) is 1. The fourth-order valence-electron chi connectivity index (χ4n) is 3.69. The highest BCUT2D eigenvalue weighted by Crippen LogP contribution is 2.31. The molecule has 0 radical (unpaired) electrons. The first-order valence-corrected chi connectivity index (χ1v) is 10.6. The van der Waals surface area contributed by atoms with Crippen molar-refractivity contribution in [3.8, 4) is 22.5 Å². The molecule has 0 bridgehead atoms. The number of carbonyl (C=O) groups excluding carboxylic acids is 1. The van der Waals surface area contributed by atoms with E-state index in [1.165, 1.54) is 18.2 Å². The van der Waals surface area contributed by atoms with E-state index in [-0.39, 0.29) is 5.69 Å². The van der Waals surface area contributed by atoms with Crippen LogP contribution in [0.15, 0.2) is 103 Å².